The van der Waals surface area contributed by atoms with Gasteiger partial charge in [0.15, 0.2) is 11.6 Å². The van der Waals surface area contributed by atoms with Crippen molar-refractivity contribution in [3.63, 3.8) is 0 Å². The van der Waals surface area contributed by atoms with Gasteiger partial charge in [-0.15, -0.1) is 0 Å². The molecule has 0 aliphatic carbocycles. The molecular weight excluding hydrogens is 300 g/mol. The molecule has 0 saturated carbocycles. The van der Waals surface area contributed by atoms with Crippen LogP contribution >= 0.6 is 15.9 Å². The van der Waals surface area contributed by atoms with Crippen LogP contribution in [0.2, 0.25) is 0 Å². The first-order valence-electron chi connectivity index (χ1n) is 5.31. The van der Waals surface area contributed by atoms with Gasteiger partial charge in [-0.05, 0) is 48.4 Å². The van der Waals surface area contributed by atoms with Gasteiger partial charge >= 0.3 is 0 Å². The largest absolute Gasteiger partial charge is 0.256 e. The van der Waals surface area contributed by atoms with Crippen molar-refractivity contribution in [2.45, 2.75) is 6.92 Å². The van der Waals surface area contributed by atoms with Crippen molar-refractivity contribution in [3.8, 4) is 0 Å². The Labute approximate surface area is 112 Å². The van der Waals surface area contributed by atoms with Crippen LogP contribution in [-0.4, -0.2) is 6.21 Å². The van der Waals surface area contributed by atoms with Gasteiger partial charge < -0.3 is 0 Å². The average Bonchev–Trinajstić information content (AvgIpc) is 2.35. The molecule has 0 aliphatic heterocycles. The van der Waals surface area contributed by atoms with E-state index in [1.54, 1.807) is 0 Å². The predicted molar refractivity (Wildman–Crippen MR) is 72.5 cm³/mol. The van der Waals surface area contributed by atoms with Crippen LogP contribution in [0, 0.1) is 18.6 Å². The van der Waals surface area contributed by atoms with E-state index in [9.17, 15) is 8.78 Å². The third-order valence-electron chi connectivity index (χ3n) is 2.45. The quantitative estimate of drug-likeness (QED) is 0.707. The highest BCUT2D eigenvalue weighted by Crippen LogP contribution is 2.21. The lowest BCUT2D eigenvalue weighted by molar-refractivity contribution is 0.508. The highest BCUT2D eigenvalue weighted by Gasteiger charge is 2.00. The van der Waals surface area contributed by atoms with E-state index in [-0.39, 0.29) is 0 Å². The summed E-state index contributed by atoms with van der Waals surface area (Å²) < 4.78 is 26.7. The lowest BCUT2D eigenvalue weighted by Crippen LogP contribution is -1.87. The predicted octanol–water partition coefficient (Wildman–Crippen LogP) is 4.79. The average molecular weight is 310 g/mol. The zero-order chi connectivity index (χ0) is 13.1. The summed E-state index contributed by atoms with van der Waals surface area (Å²) in [6.07, 6.45) is 1.51. The van der Waals surface area contributed by atoms with Crippen LogP contribution in [0.1, 0.15) is 11.1 Å². The summed E-state index contributed by atoms with van der Waals surface area (Å²) in [7, 11) is 0. The smallest absolute Gasteiger partial charge is 0.159 e. The number of nitrogens with zero attached hydrogens (tertiary/aromatic N) is 1. The second-order valence-electron chi connectivity index (χ2n) is 3.87. The summed E-state index contributed by atoms with van der Waals surface area (Å²) >= 11 is 3.40. The van der Waals surface area contributed by atoms with Crippen molar-refractivity contribution < 1.29 is 8.78 Å². The third-order valence-corrected chi connectivity index (χ3v) is 3.34. The van der Waals surface area contributed by atoms with E-state index in [1.165, 1.54) is 12.3 Å². The first kappa shape index (κ1) is 12.9. The molecule has 0 saturated heterocycles. The summed E-state index contributed by atoms with van der Waals surface area (Å²) in [5, 5.41) is 0. The minimum atomic E-state index is -0.870. The number of hydrogen-bond donors (Lipinski definition) is 0. The van der Waals surface area contributed by atoms with E-state index in [4.69, 9.17) is 0 Å². The molecule has 2 aromatic carbocycles. The molecule has 0 radical (unpaired) electrons. The zero-order valence-corrected chi connectivity index (χ0v) is 11.2. The van der Waals surface area contributed by atoms with Gasteiger partial charge in [0.1, 0.15) is 0 Å². The highest BCUT2D eigenvalue weighted by molar-refractivity contribution is 9.10. The second kappa shape index (κ2) is 5.40. The molecule has 0 heterocycles. The van der Waals surface area contributed by atoms with Gasteiger partial charge in [-0.25, -0.2) is 8.78 Å². The van der Waals surface area contributed by atoms with Crippen molar-refractivity contribution in [1.29, 1.82) is 0 Å². The third kappa shape index (κ3) is 3.01. The molecule has 0 amide bonds. The van der Waals surface area contributed by atoms with E-state index in [0.717, 1.165) is 27.9 Å². The second-order valence-corrected chi connectivity index (χ2v) is 4.72. The number of aryl methyl sites for hydroxylation is 1. The van der Waals surface area contributed by atoms with Crippen molar-refractivity contribution >= 4 is 27.8 Å². The van der Waals surface area contributed by atoms with Crippen LogP contribution in [0.5, 0.6) is 0 Å². The van der Waals surface area contributed by atoms with Gasteiger partial charge in [-0.3, -0.25) is 4.99 Å². The molecule has 0 fully saturated rings. The number of rotatable bonds is 2. The van der Waals surface area contributed by atoms with E-state index in [0.29, 0.717) is 5.56 Å². The fourth-order valence-electron chi connectivity index (χ4n) is 1.45. The topological polar surface area (TPSA) is 12.4 Å². The Balaban J connectivity index is 2.24. The molecule has 0 N–H and O–H groups in total. The monoisotopic (exact) mass is 309 g/mol. The van der Waals surface area contributed by atoms with Gasteiger partial charge in [0.2, 0.25) is 0 Å². The highest BCUT2D eigenvalue weighted by atomic mass is 79.9. The maximum Gasteiger partial charge on any atom is 0.159 e. The van der Waals surface area contributed by atoms with Crippen LogP contribution in [-0.2, 0) is 0 Å². The van der Waals surface area contributed by atoms with Crippen molar-refractivity contribution in [2.24, 2.45) is 4.99 Å². The summed E-state index contributed by atoms with van der Waals surface area (Å²) in [5.41, 5.74) is 2.35. The van der Waals surface area contributed by atoms with Gasteiger partial charge in [-0.2, -0.15) is 0 Å². The van der Waals surface area contributed by atoms with E-state index in [2.05, 4.69) is 20.9 Å². The molecule has 0 aliphatic rings. The minimum absolute atomic E-state index is 0.523. The van der Waals surface area contributed by atoms with Crippen LogP contribution in [0.4, 0.5) is 14.5 Å². The summed E-state index contributed by atoms with van der Waals surface area (Å²) in [4.78, 5) is 4.21. The molecule has 2 rings (SSSR count). The van der Waals surface area contributed by atoms with Crippen molar-refractivity contribution in [1.82, 2.24) is 0 Å². The molecule has 0 atom stereocenters. The number of aliphatic imine (C=N–C) groups is 1. The van der Waals surface area contributed by atoms with Crippen LogP contribution in [0.15, 0.2) is 45.9 Å². The lowest BCUT2D eigenvalue weighted by atomic mass is 10.2. The van der Waals surface area contributed by atoms with Crippen molar-refractivity contribution in [2.75, 3.05) is 0 Å². The zero-order valence-electron chi connectivity index (χ0n) is 9.62. The maximum atomic E-state index is 13.0. The lowest BCUT2D eigenvalue weighted by Gasteiger charge is -1.99. The molecule has 18 heavy (non-hydrogen) atoms. The molecule has 2 aromatic rings. The Hall–Kier alpha value is -1.55. The molecule has 4 heteroatoms. The van der Waals surface area contributed by atoms with E-state index in [1.807, 2.05) is 25.1 Å². The SMILES string of the molecule is Cc1cc(N=Cc2ccc(F)c(F)c2)ccc1Br. The normalized spacial score (nSPS) is 11.1. The molecule has 0 aromatic heterocycles. The maximum absolute atomic E-state index is 13.0. The Kier molecular flexibility index (Phi) is 3.87. The number of halogens is 3. The number of benzene rings is 2. The Morgan fingerprint density at radius 3 is 2.50 bits per heavy atom. The van der Waals surface area contributed by atoms with Crippen molar-refractivity contribution in [3.05, 3.63) is 63.6 Å². The van der Waals surface area contributed by atoms with E-state index >= 15 is 0 Å². The Bertz CT molecular complexity index is 555. The van der Waals surface area contributed by atoms with Crippen LogP contribution in [0.3, 0.4) is 0 Å². The standard InChI is InChI=1S/C14H10BrF2N/c1-9-6-11(3-4-12(9)15)18-8-10-2-5-13(16)14(17)7-10/h2-8H,1H3. The molecule has 1 nitrogen and oxygen atoms in total. The Morgan fingerprint density at radius 2 is 1.83 bits per heavy atom. The molecule has 0 bridgehead atoms. The van der Waals surface area contributed by atoms with Gasteiger partial charge in [-0.1, -0.05) is 22.0 Å². The Morgan fingerprint density at radius 1 is 1.06 bits per heavy atom. The van der Waals surface area contributed by atoms with Crippen LogP contribution < -0.4 is 0 Å². The molecule has 0 unspecified atom stereocenters. The fourth-order valence-corrected chi connectivity index (χ4v) is 1.70. The van der Waals surface area contributed by atoms with Gasteiger partial charge in [0.25, 0.3) is 0 Å². The summed E-state index contributed by atoms with van der Waals surface area (Å²) in [6, 6.07) is 9.32. The van der Waals surface area contributed by atoms with E-state index < -0.39 is 11.6 Å². The van der Waals surface area contributed by atoms with Gasteiger partial charge in [0, 0.05) is 10.7 Å². The van der Waals surface area contributed by atoms with Crippen LogP contribution in [0.25, 0.3) is 0 Å². The summed E-state index contributed by atoms with van der Waals surface area (Å²) in [5.74, 6) is -1.72. The molecular formula is C14H10BrF2N. The summed E-state index contributed by atoms with van der Waals surface area (Å²) in [6.45, 7) is 1.96. The minimum Gasteiger partial charge on any atom is -0.256 e. The fraction of sp³-hybridized carbons (Fsp3) is 0.0714. The first-order chi connectivity index (χ1) is 8.56. The molecule has 0 spiro atoms. The first-order valence-corrected chi connectivity index (χ1v) is 6.11. The number of hydrogen-bond acceptors (Lipinski definition) is 1. The van der Waals surface area contributed by atoms with Gasteiger partial charge in [0.05, 0.1) is 5.69 Å². The molecule has 92 valence electrons.